The van der Waals surface area contributed by atoms with E-state index in [-0.39, 0.29) is 0 Å². The van der Waals surface area contributed by atoms with Gasteiger partial charge in [0.05, 0.1) is 11.7 Å². The van der Waals surface area contributed by atoms with E-state index in [1.54, 1.807) is 0 Å². The lowest BCUT2D eigenvalue weighted by Gasteiger charge is -2.22. The minimum Gasteiger partial charge on any atom is -0.307 e. The Morgan fingerprint density at radius 1 is 0.569 bits per heavy atom. The first kappa shape index (κ1) is 47.1. The Labute approximate surface area is 319 Å². The molecule has 1 aromatic heterocycles. The number of nitrogens with zero attached hydrogens (tertiary/aromatic N) is 4. The van der Waals surface area contributed by atoms with Gasteiger partial charge in [-0.1, -0.05) is 164 Å². The lowest BCUT2D eigenvalue weighted by Crippen LogP contribution is -2.27. The molecule has 0 aliphatic heterocycles. The van der Waals surface area contributed by atoms with Crippen LogP contribution in [0.1, 0.15) is 213 Å². The zero-order valence-electron chi connectivity index (χ0n) is 35.0. The van der Waals surface area contributed by atoms with Crippen LogP contribution in [-0.2, 0) is 6.42 Å². The summed E-state index contributed by atoms with van der Waals surface area (Å²) in [6.45, 7) is 9.23. The third-order valence-corrected chi connectivity index (χ3v) is 10.6. The summed E-state index contributed by atoms with van der Waals surface area (Å²) in [5.74, 6) is 0.617. The molecule has 0 saturated heterocycles. The summed E-state index contributed by atoms with van der Waals surface area (Å²) in [5, 5.41) is 9.36. The normalized spacial score (nSPS) is 13.8. The van der Waals surface area contributed by atoms with E-state index in [0.29, 0.717) is 18.0 Å². The van der Waals surface area contributed by atoms with Crippen molar-refractivity contribution >= 4 is 0 Å². The molecule has 4 heteroatoms. The van der Waals surface area contributed by atoms with Crippen molar-refractivity contribution in [1.82, 2.24) is 19.9 Å². The first-order valence-electron chi connectivity index (χ1n) is 22.1. The molecule has 1 rings (SSSR count). The van der Waals surface area contributed by atoms with Gasteiger partial charge in [-0.3, -0.25) is 0 Å². The maximum absolute atomic E-state index is 4.70. The molecule has 0 radical (unpaired) electrons. The molecule has 0 aliphatic carbocycles. The van der Waals surface area contributed by atoms with Gasteiger partial charge in [-0.15, -0.1) is 5.10 Å². The fourth-order valence-electron chi connectivity index (χ4n) is 6.96. The average molecular weight is 707 g/mol. The summed E-state index contributed by atoms with van der Waals surface area (Å²) in [5.41, 5.74) is 1.17. The van der Waals surface area contributed by atoms with Crippen molar-refractivity contribution in [2.75, 3.05) is 14.1 Å². The van der Waals surface area contributed by atoms with Crippen molar-refractivity contribution in [3.05, 3.63) is 60.5 Å². The molecule has 294 valence electrons. The predicted octanol–water partition coefficient (Wildman–Crippen LogP) is 14.7. The molecule has 51 heavy (non-hydrogen) atoms. The summed E-state index contributed by atoms with van der Waals surface area (Å²) in [6, 6.07) is 1.09. The van der Waals surface area contributed by atoms with Gasteiger partial charge in [-0.2, -0.15) is 0 Å². The highest BCUT2D eigenvalue weighted by atomic mass is 15.4. The van der Waals surface area contributed by atoms with Crippen molar-refractivity contribution in [2.45, 2.75) is 220 Å². The summed E-state index contributed by atoms with van der Waals surface area (Å²) >= 11 is 0. The Morgan fingerprint density at radius 3 is 1.41 bits per heavy atom. The molecule has 4 nitrogen and oxygen atoms in total. The molecule has 0 spiro atoms. The van der Waals surface area contributed by atoms with Crippen LogP contribution in [0.2, 0.25) is 0 Å². The molecular formula is C47H86N4. The standard InChI is InChI=1S/C47H86N4/c1-7-9-11-13-15-17-19-21-23-25-27-29-31-33-35-37-39-47(51-43-46(48-49-51)42-44(3)41-45(4)50(5)6)40-38-36-34-32-30-28-26-24-22-20-18-16-14-12-10-8-2/h15-18,21-24,43-45,47H,7-14,19-20,25-42H2,1-6H3/b17-15-,18-16-,23-21-,24-22-. The van der Waals surface area contributed by atoms with Crippen LogP contribution in [0.25, 0.3) is 0 Å². The lowest BCUT2D eigenvalue weighted by molar-refractivity contribution is 0.266. The zero-order chi connectivity index (χ0) is 37.0. The van der Waals surface area contributed by atoms with Crippen LogP contribution in [0, 0.1) is 5.92 Å². The highest BCUT2D eigenvalue weighted by Crippen LogP contribution is 2.24. The summed E-state index contributed by atoms with van der Waals surface area (Å²) in [6.07, 6.45) is 57.3. The van der Waals surface area contributed by atoms with Crippen LogP contribution in [-0.4, -0.2) is 40.0 Å². The second-order valence-electron chi connectivity index (χ2n) is 15.9. The van der Waals surface area contributed by atoms with Gasteiger partial charge in [-0.25, -0.2) is 4.68 Å². The number of rotatable bonds is 36. The average Bonchev–Trinajstić information content (AvgIpc) is 3.58. The topological polar surface area (TPSA) is 34.0 Å². The van der Waals surface area contributed by atoms with E-state index < -0.39 is 0 Å². The SMILES string of the molecule is CCCCC/C=C\C/C=C\CCCCCCCCC(CCCCCCCC/C=C\C/C=C\CCCCC)n1cc(CC(C)CC(C)N(C)C)nn1. The molecule has 0 amide bonds. The Hall–Kier alpha value is -1.94. The summed E-state index contributed by atoms with van der Waals surface area (Å²) in [7, 11) is 4.36. The van der Waals surface area contributed by atoms with Gasteiger partial charge >= 0.3 is 0 Å². The van der Waals surface area contributed by atoms with Gasteiger partial charge < -0.3 is 4.90 Å². The number of unbranched alkanes of at least 4 members (excludes halogenated alkanes) is 18. The number of hydrogen-bond donors (Lipinski definition) is 0. The molecule has 2 unspecified atom stereocenters. The highest BCUT2D eigenvalue weighted by Gasteiger charge is 2.16. The van der Waals surface area contributed by atoms with Crippen LogP contribution in [0.5, 0.6) is 0 Å². The van der Waals surface area contributed by atoms with E-state index in [1.165, 1.54) is 166 Å². The fraction of sp³-hybridized carbons (Fsp3) is 0.787. The molecule has 0 aliphatic rings. The maximum atomic E-state index is 4.70. The van der Waals surface area contributed by atoms with E-state index in [9.17, 15) is 0 Å². The maximum Gasteiger partial charge on any atom is 0.0829 e. The molecule has 0 bridgehead atoms. The molecule has 0 aromatic carbocycles. The van der Waals surface area contributed by atoms with E-state index in [0.717, 1.165) is 19.3 Å². The smallest absolute Gasteiger partial charge is 0.0829 e. The largest absolute Gasteiger partial charge is 0.307 e. The second kappa shape index (κ2) is 35.1. The van der Waals surface area contributed by atoms with Gasteiger partial charge in [0.15, 0.2) is 0 Å². The molecular weight excluding hydrogens is 621 g/mol. The Bertz CT molecular complexity index is 938. The van der Waals surface area contributed by atoms with Gasteiger partial charge in [0, 0.05) is 12.2 Å². The van der Waals surface area contributed by atoms with Crippen molar-refractivity contribution in [2.24, 2.45) is 5.92 Å². The Balaban J connectivity index is 2.35. The minimum atomic E-state index is 0.499. The molecule has 0 fully saturated rings. The van der Waals surface area contributed by atoms with Crippen molar-refractivity contribution in [3.63, 3.8) is 0 Å². The molecule has 0 N–H and O–H groups in total. The van der Waals surface area contributed by atoms with Crippen molar-refractivity contribution in [1.29, 1.82) is 0 Å². The molecule has 1 aromatic rings. The second-order valence-corrected chi connectivity index (χ2v) is 15.9. The first-order valence-corrected chi connectivity index (χ1v) is 22.1. The van der Waals surface area contributed by atoms with Crippen LogP contribution in [0.4, 0.5) is 0 Å². The molecule has 1 heterocycles. The van der Waals surface area contributed by atoms with Gasteiger partial charge in [0.1, 0.15) is 0 Å². The van der Waals surface area contributed by atoms with Gasteiger partial charge in [0.2, 0.25) is 0 Å². The number of hydrogen-bond acceptors (Lipinski definition) is 3. The first-order chi connectivity index (χ1) is 25.0. The quantitative estimate of drug-likeness (QED) is 0.0514. The Kier molecular flexibility index (Phi) is 32.4. The molecule has 0 saturated carbocycles. The summed E-state index contributed by atoms with van der Waals surface area (Å²) in [4.78, 5) is 2.32. The van der Waals surface area contributed by atoms with Crippen LogP contribution >= 0.6 is 0 Å². The van der Waals surface area contributed by atoms with E-state index in [1.807, 2.05) is 0 Å². The van der Waals surface area contributed by atoms with E-state index in [2.05, 4.69) is 111 Å². The van der Waals surface area contributed by atoms with Crippen molar-refractivity contribution < 1.29 is 0 Å². The number of aromatic nitrogens is 3. The highest BCUT2D eigenvalue weighted by molar-refractivity contribution is 4.96. The lowest BCUT2D eigenvalue weighted by atomic mass is 9.97. The van der Waals surface area contributed by atoms with E-state index >= 15 is 0 Å². The van der Waals surface area contributed by atoms with Crippen LogP contribution in [0.15, 0.2) is 54.8 Å². The third kappa shape index (κ3) is 29.2. The van der Waals surface area contributed by atoms with Gasteiger partial charge in [0.25, 0.3) is 0 Å². The van der Waals surface area contributed by atoms with Crippen LogP contribution in [0.3, 0.4) is 0 Å². The fourth-order valence-corrected chi connectivity index (χ4v) is 6.96. The predicted molar refractivity (Wildman–Crippen MR) is 228 cm³/mol. The third-order valence-electron chi connectivity index (χ3n) is 10.6. The summed E-state index contributed by atoms with van der Waals surface area (Å²) < 4.78 is 2.25. The monoisotopic (exact) mass is 707 g/mol. The number of allylic oxidation sites excluding steroid dienone is 8. The zero-order valence-corrected chi connectivity index (χ0v) is 35.0. The minimum absolute atomic E-state index is 0.499. The molecule has 2 atom stereocenters. The van der Waals surface area contributed by atoms with E-state index in [4.69, 9.17) is 5.21 Å². The Morgan fingerprint density at radius 2 is 0.980 bits per heavy atom. The van der Waals surface area contributed by atoms with Crippen molar-refractivity contribution in [3.8, 4) is 0 Å². The van der Waals surface area contributed by atoms with Crippen LogP contribution < -0.4 is 0 Å². The van der Waals surface area contributed by atoms with Gasteiger partial charge in [-0.05, 0) is 117 Å².